The fourth-order valence-corrected chi connectivity index (χ4v) is 0.531. The van der Waals surface area contributed by atoms with Crippen molar-refractivity contribution in [1.29, 1.82) is 5.26 Å². The van der Waals surface area contributed by atoms with Crippen LogP contribution in [0.4, 0.5) is 0 Å². The number of rotatable bonds is 3. The minimum Gasteiger partial charge on any atom is -0.320 e. The van der Waals surface area contributed by atoms with Crippen LogP contribution in [0, 0.1) is 23.8 Å². The molecule has 0 aromatic heterocycles. The second-order valence-corrected chi connectivity index (χ2v) is 1.77. The van der Waals surface area contributed by atoms with E-state index in [-0.39, 0.29) is 6.04 Å². The van der Waals surface area contributed by atoms with Crippen molar-refractivity contribution in [2.24, 2.45) is 0 Å². The molecule has 0 fully saturated rings. The molecule has 0 bridgehead atoms. The summed E-state index contributed by atoms with van der Waals surface area (Å²) in [6, 6.07) is 0.167. The maximum Gasteiger partial charge on any atom is 0.176 e. The van der Waals surface area contributed by atoms with Gasteiger partial charge in [-0.1, -0.05) is 6.92 Å². The van der Waals surface area contributed by atoms with E-state index in [0.29, 0.717) is 6.42 Å². The molecule has 48 valence electrons. The highest BCUT2D eigenvalue weighted by atomic mass is 14.9. The Labute approximate surface area is 55.9 Å². The predicted octanol–water partition coefficient (Wildman–Crippen LogP) is 0.859. The van der Waals surface area contributed by atoms with Crippen molar-refractivity contribution in [2.45, 2.75) is 25.8 Å². The van der Waals surface area contributed by atoms with Gasteiger partial charge in [0.25, 0.3) is 0 Å². The van der Waals surface area contributed by atoms with E-state index < -0.39 is 0 Å². The lowest BCUT2D eigenvalue weighted by molar-refractivity contribution is 0.590. The van der Waals surface area contributed by atoms with Gasteiger partial charge in [0, 0.05) is 12.5 Å². The molecule has 2 heteroatoms. The molecule has 1 atom stereocenters. The molecule has 0 amide bonds. The largest absolute Gasteiger partial charge is 0.320 e. The molecule has 0 aliphatic carbocycles. The summed E-state index contributed by atoms with van der Waals surface area (Å²) in [5.41, 5.74) is 0. The van der Waals surface area contributed by atoms with Crippen LogP contribution in [0.3, 0.4) is 0 Å². The van der Waals surface area contributed by atoms with Gasteiger partial charge >= 0.3 is 0 Å². The quantitative estimate of drug-likeness (QED) is 0.342. The smallest absolute Gasteiger partial charge is 0.176 e. The summed E-state index contributed by atoms with van der Waals surface area (Å²) in [5, 5.41) is 10.8. The lowest BCUT2D eigenvalue weighted by Crippen LogP contribution is -2.22. The first-order chi connectivity index (χ1) is 4.35. The Bertz CT molecular complexity index is 122. The molecule has 0 aliphatic heterocycles. The van der Waals surface area contributed by atoms with E-state index in [0.717, 1.165) is 6.42 Å². The van der Waals surface area contributed by atoms with Crippen molar-refractivity contribution in [3.05, 3.63) is 0 Å². The lowest BCUT2D eigenvalue weighted by atomic mass is 10.2. The van der Waals surface area contributed by atoms with Crippen molar-refractivity contribution in [2.75, 3.05) is 0 Å². The molecule has 0 saturated heterocycles. The maximum atomic E-state index is 8.16. The average molecular weight is 122 g/mol. The first-order valence-electron chi connectivity index (χ1n) is 2.93. The number of nitrogens with zero attached hydrogens (tertiary/aromatic N) is 1. The lowest BCUT2D eigenvalue weighted by Gasteiger charge is -2.06. The molecule has 1 unspecified atom stereocenters. The molecule has 0 aliphatic rings. The van der Waals surface area contributed by atoms with Crippen LogP contribution in [0.5, 0.6) is 0 Å². The van der Waals surface area contributed by atoms with Crippen molar-refractivity contribution in [3.63, 3.8) is 0 Å². The Balaban J connectivity index is 3.47. The van der Waals surface area contributed by atoms with Gasteiger partial charge in [-0.15, -0.1) is 12.3 Å². The molecule has 9 heavy (non-hydrogen) atoms. The van der Waals surface area contributed by atoms with Gasteiger partial charge in [0.1, 0.15) is 0 Å². The van der Waals surface area contributed by atoms with Crippen LogP contribution in [0.15, 0.2) is 0 Å². The van der Waals surface area contributed by atoms with Crippen LogP contribution in [0.2, 0.25) is 0 Å². The standard InChI is InChI=1S/C7H10N2/c1-3-5-7(4-2)9-6-8/h1,7,9H,4-5H2,2H3. The van der Waals surface area contributed by atoms with Crippen LogP contribution >= 0.6 is 0 Å². The first kappa shape index (κ1) is 7.85. The summed E-state index contributed by atoms with van der Waals surface area (Å²) < 4.78 is 0. The van der Waals surface area contributed by atoms with Crippen LogP contribution in [0.1, 0.15) is 19.8 Å². The summed E-state index contributed by atoms with van der Waals surface area (Å²) in [6.45, 7) is 1.99. The van der Waals surface area contributed by atoms with Crippen LogP contribution in [-0.4, -0.2) is 6.04 Å². The van der Waals surface area contributed by atoms with Gasteiger partial charge in [-0.3, -0.25) is 0 Å². The first-order valence-corrected chi connectivity index (χ1v) is 2.93. The predicted molar refractivity (Wildman–Crippen MR) is 36.3 cm³/mol. The van der Waals surface area contributed by atoms with E-state index in [1.807, 2.05) is 13.1 Å². The molecule has 2 nitrogen and oxygen atoms in total. The van der Waals surface area contributed by atoms with Crippen molar-refractivity contribution in [3.8, 4) is 18.5 Å². The van der Waals surface area contributed by atoms with Gasteiger partial charge in [-0.25, -0.2) is 0 Å². The van der Waals surface area contributed by atoms with E-state index in [1.54, 1.807) is 0 Å². The molecular weight excluding hydrogens is 112 g/mol. The molecular formula is C7H10N2. The molecule has 0 rings (SSSR count). The zero-order valence-electron chi connectivity index (χ0n) is 5.52. The third-order valence-electron chi connectivity index (χ3n) is 1.13. The summed E-state index contributed by atoms with van der Waals surface area (Å²) in [6.07, 6.45) is 8.42. The van der Waals surface area contributed by atoms with Gasteiger partial charge in [0.15, 0.2) is 6.19 Å². The zero-order valence-corrected chi connectivity index (χ0v) is 5.52. The van der Waals surface area contributed by atoms with Gasteiger partial charge in [0.2, 0.25) is 0 Å². The number of hydrogen-bond donors (Lipinski definition) is 1. The zero-order chi connectivity index (χ0) is 7.11. The maximum absolute atomic E-state index is 8.16. The molecule has 0 radical (unpaired) electrons. The van der Waals surface area contributed by atoms with E-state index in [2.05, 4.69) is 11.2 Å². The Morgan fingerprint density at radius 2 is 2.44 bits per heavy atom. The van der Waals surface area contributed by atoms with E-state index in [9.17, 15) is 0 Å². The number of nitrogens with one attached hydrogen (secondary N) is 1. The van der Waals surface area contributed by atoms with Crippen LogP contribution in [0.25, 0.3) is 0 Å². The Morgan fingerprint density at radius 3 is 2.78 bits per heavy atom. The van der Waals surface area contributed by atoms with E-state index in [1.165, 1.54) is 0 Å². The Kier molecular flexibility index (Phi) is 4.36. The van der Waals surface area contributed by atoms with Crippen LogP contribution < -0.4 is 5.32 Å². The SMILES string of the molecule is C#CCC(CC)NC#N. The molecule has 0 heterocycles. The van der Waals surface area contributed by atoms with Crippen LogP contribution in [-0.2, 0) is 0 Å². The Morgan fingerprint density at radius 1 is 1.78 bits per heavy atom. The fourth-order valence-electron chi connectivity index (χ4n) is 0.531. The minimum atomic E-state index is 0.167. The molecule has 0 aromatic rings. The summed E-state index contributed by atoms with van der Waals surface area (Å²) in [5.74, 6) is 2.49. The van der Waals surface area contributed by atoms with Crippen molar-refractivity contribution >= 4 is 0 Å². The molecule has 0 spiro atoms. The highest BCUT2D eigenvalue weighted by Crippen LogP contribution is 1.93. The highest BCUT2D eigenvalue weighted by Gasteiger charge is 1.99. The number of terminal acetylenes is 1. The van der Waals surface area contributed by atoms with Gasteiger partial charge in [-0.05, 0) is 6.42 Å². The number of hydrogen-bond acceptors (Lipinski definition) is 2. The van der Waals surface area contributed by atoms with Gasteiger partial charge in [0.05, 0.1) is 0 Å². The van der Waals surface area contributed by atoms with Crippen molar-refractivity contribution in [1.82, 2.24) is 5.32 Å². The minimum absolute atomic E-state index is 0.167. The second kappa shape index (κ2) is 5.00. The average Bonchev–Trinajstić information content (AvgIpc) is 1.88. The summed E-state index contributed by atoms with van der Waals surface area (Å²) >= 11 is 0. The van der Waals surface area contributed by atoms with Gasteiger partial charge < -0.3 is 5.32 Å². The monoisotopic (exact) mass is 122 g/mol. The second-order valence-electron chi connectivity index (χ2n) is 1.77. The third kappa shape index (κ3) is 3.43. The Hall–Kier alpha value is -1.15. The van der Waals surface area contributed by atoms with Gasteiger partial charge in [-0.2, -0.15) is 5.26 Å². The topological polar surface area (TPSA) is 35.8 Å². The highest BCUT2D eigenvalue weighted by molar-refractivity contribution is 4.91. The molecule has 1 N–H and O–H groups in total. The van der Waals surface area contributed by atoms with Crippen molar-refractivity contribution < 1.29 is 0 Å². The summed E-state index contributed by atoms with van der Waals surface area (Å²) in [7, 11) is 0. The third-order valence-corrected chi connectivity index (χ3v) is 1.13. The molecule has 0 saturated carbocycles. The fraction of sp³-hybridized carbons (Fsp3) is 0.571. The molecule has 0 aromatic carbocycles. The van der Waals surface area contributed by atoms with E-state index in [4.69, 9.17) is 11.7 Å². The normalized spacial score (nSPS) is 11.0. The van der Waals surface area contributed by atoms with E-state index >= 15 is 0 Å². The number of nitriles is 1. The summed E-state index contributed by atoms with van der Waals surface area (Å²) in [4.78, 5) is 0.